The first-order chi connectivity index (χ1) is 13.5. The van der Waals surface area contributed by atoms with Crippen molar-refractivity contribution in [2.45, 2.75) is 38.2 Å². The van der Waals surface area contributed by atoms with Gasteiger partial charge in [0.25, 0.3) is 0 Å². The van der Waals surface area contributed by atoms with Crippen LogP contribution in [0.4, 0.5) is 0 Å². The Morgan fingerprint density at radius 3 is 2.46 bits per heavy atom. The Hall–Kier alpha value is -2.63. The maximum Gasteiger partial charge on any atom is 0.338 e. The van der Waals surface area contributed by atoms with Crippen LogP contribution in [0.15, 0.2) is 43.0 Å². The van der Waals surface area contributed by atoms with Gasteiger partial charge in [-0.3, -0.25) is 9.59 Å². The molecule has 152 valence electrons. The molecule has 6 heteroatoms. The van der Waals surface area contributed by atoms with E-state index in [0.29, 0.717) is 24.9 Å². The van der Waals surface area contributed by atoms with E-state index in [2.05, 4.69) is 6.58 Å². The van der Waals surface area contributed by atoms with Crippen molar-refractivity contribution in [1.29, 1.82) is 0 Å². The molecule has 1 saturated carbocycles. The molecule has 1 fully saturated rings. The molecule has 0 N–H and O–H groups in total. The van der Waals surface area contributed by atoms with Crippen LogP contribution < -0.4 is 0 Å². The fourth-order valence-electron chi connectivity index (χ4n) is 3.60. The van der Waals surface area contributed by atoms with Gasteiger partial charge in [-0.05, 0) is 44.2 Å². The highest BCUT2D eigenvalue weighted by Crippen LogP contribution is 2.36. The maximum absolute atomic E-state index is 12.9. The zero-order valence-electron chi connectivity index (χ0n) is 16.6. The number of allylic oxidation sites excluding steroid dienone is 1. The lowest BCUT2D eigenvalue weighted by Crippen LogP contribution is -2.37. The quantitative estimate of drug-likeness (QED) is 0.370. The first-order valence-electron chi connectivity index (χ1n) is 9.67. The number of rotatable bonds is 9. The van der Waals surface area contributed by atoms with Gasteiger partial charge in [-0.1, -0.05) is 24.3 Å². The van der Waals surface area contributed by atoms with Crippen LogP contribution in [0, 0.1) is 11.8 Å². The van der Waals surface area contributed by atoms with Crippen molar-refractivity contribution >= 4 is 17.8 Å². The number of hydrogen-bond acceptors (Lipinski definition) is 5. The molecule has 28 heavy (non-hydrogen) atoms. The highest BCUT2D eigenvalue weighted by molar-refractivity contribution is 5.90. The van der Waals surface area contributed by atoms with Crippen molar-refractivity contribution in [2.24, 2.45) is 11.8 Å². The molecule has 0 aromatic heterocycles. The number of benzene rings is 1. The molecule has 0 spiro atoms. The number of amides is 1. The van der Waals surface area contributed by atoms with Crippen LogP contribution in [0.3, 0.4) is 0 Å². The molecule has 3 atom stereocenters. The van der Waals surface area contributed by atoms with Gasteiger partial charge < -0.3 is 14.4 Å². The van der Waals surface area contributed by atoms with Crippen LogP contribution in [0.1, 0.15) is 42.5 Å². The molecule has 0 bridgehead atoms. The SMILES string of the molecule is C=CCCCCN(C)C(=O)[C@@H]1C[C@@H](OC(=O)c2ccccc2)C[C@H]1C(=O)OC. The van der Waals surface area contributed by atoms with Crippen LogP contribution in [-0.4, -0.2) is 49.6 Å². The van der Waals surface area contributed by atoms with E-state index in [1.165, 1.54) is 7.11 Å². The highest BCUT2D eigenvalue weighted by atomic mass is 16.5. The predicted molar refractivity (Wildman–Crippen MR) is 106 cm³/mol. The van der Waals surface area contributed by atoms with Crippen molar-refractivity contribution in [3.63, 3.8) is 0 Å². The smallest absolute Gasteiger partial charge is 0.338 e. The third kappa shape index (κ3) is 5.68. The number of esters is 2. The van der Waals surface area contributed by atoms with E-state index >= 15 is 0 Å². The third-order valence-corrected chi connectivity index (χ3v) is 5.15. The predicted octanol–water partition coefficient (Wildman–Crippen LogP) is 3.23. The minimum absolute atomic E-state index is 0.104. The van der Waals surface area contributed by atoms with Gasteiger partial charge in [0.2, 0.25) is 5.91 Å². The molecular weight excluding hydrogens is 358 g/mol. The van der Waals surface area contributed by atoms with Gasteiger partial charge >= 0.3 is 11.9 Å². The van der Waals surface area contributed by atoms with Gasteiger partial charge in [-0.2, -0.15) is 0 Å². The van der Waals surface area contributed by atoms with E-state index in [9.17, 15) is 14.4 Å². The van der Waals surface area contributed by atoms with Crippen LogP contribution in [-0.2, 0) is 19.1 Å². The lowest BCUT2D eigenvalue weighted by atomic mass is 9.94. The van der Waals surface area contributed by atoms with Crippen molar-refractivity contribution in [3.8, 4) is 0 Å². The summed E-state index contributed by atoms with van der Waals surface area (Å²) in [5.74, 6) is -2.11. The van der Waals surface area contributed by atoms with E-state index in [4.69, 9.17) is 9.47 Å². The second-order valence-corrected chi connectivity index (χ2v) is 7.15. The molecule has 1 aliphatic rings. The maximum atomic E-state index is 12.9. The standard InChI is InChI=1S/C22H29NO5/c1-4-5-6-10-13-23(2)20(24)18-14-17(15-19(18)22(26)27-3)28-21(25)16-11-8-7-9-12-16/h4,7-9,11-12,17-19H,1,5-6,10,13-15H2,2-3H3/t17-,18-,19-/m1/s1. The fraction of sp³-hybridized carbons (Fsp3) is 0.500. The normalized spacial score (nSPS) is 21.0. The van der Waals surface area contributed by atoms with Crippen molar-refractivity contribution < 1.29 is 23.9 Å². The molecule has 0 unspecified atom stereocenters. The number of nitrogens with zero attached hydrogens (tertiary/aromatic N) is 1. The van der Waals surface area contributed by atoms with E-state index in [1.807, 2.05) is 12.1 Å². The molecule has 6 nitrogen and oxygen atoms in total. The van der Waals surface area contributed by atoms with Gasteiger partial charge in [-0.25, -0.2) is 4.79 Å². The minimum atomic E-state index is -0.596. The van der Waals surface area contributed by atoms with Crippen LogP contribution in [0.25, 0.3) is 0 Å². The van der Waals surface area contributed by atoms with Gasteiger partial charge in [0.05, 0.1) is 24.5 Å². The van der Waals surface area contributed by atoms with Gasteiger partial charge in [-0.15, -0.1) is 6.58 Å². The van der Waals surface area contributed by atoms with Crippen molar-refractivity contribution in [1.82, 2.24) is 4.90 Å². The number of hydrogen-bond donors (Lipinski definition) is 0. The highest BCUT2D eigenvalue weighted by Gasteiger charge is 2.45. The van der Waals surface area contributed by atoms with Gasteiger partial charge in [0, 0.05) is 13.6 Å². The Kier molecular flexibility index (Phi) is 8.23. The molecule has 1 aliphatic carbocycles. The minimum Gasteiger partial charge on any atom is -0.469 e. The number of unbranched alkanes of at least 4 members (excludes halogenated alkanes) is 2. The second-order valence-electron chi connectivity index (χ2n) is 7.15. The summed E-state index contributed by atoms with van der Waals surface area (Å²) in [6, 6.07) is 8.69. The molecular formula is C22H29NO5. The fourth-order valence-corrected chi connectivity index (χ4v) is 3.60. The van der Waals surface area contributed by atoms with E-state index in [-0.39, 0.29) is 5.91 Å². The Morgan fingerprint density at radius 2 is 1.82 bits per heavy atom. The summed E-state index contributed by atoms with van der Waals surface area (Å²) in [4.78, 5) is 39.1. The number of methoxy groups -OCH3 is 1. The average molecular weight is 387 g/mol. The Balaban J connectivity index is 2.01. The van der Waals surface area contributed by atoms with E-state index in [0.717, 1.165) is 19.3 Å². The van der Waals surface area contributed by atoms with Gasteiger partial charge in [0.1, 0.15) is 6.10 Å². The summed E-state index contributed by atoms with van der Waals surface area (Å²) < 4.78 is 10.5. The lowest BCUT2D eigenvalue weighted by Gasteiger charge is -2.23. The third-order valence-electron chi connectivity index (χ3n) is 5.15. The molecule has 0 aliphatic heterocycles. The summed E-state index contributed by atoms with van der Waals surface area (Å²) in [5, 5.41) is 0. The molecule has 0 heterocycles. The van der Waals surface area contributed by atoms with Crippen molar-refractivity contribution in [2.75, 3.05) is 20.7 Å². The topological polar surface area (TPSA) is 72.9 Å². The van der Waals surface area contributed by atoms with Crippen LogP contribution >= 0.6 is 0 Å². The summed E-state index contributed by atoms with van der Waals surface area (Å²) in [6.07, 6.45) is 4.74. The van der Waals surface area contributed by atoms with Gasteiger partial charge in [0.15, 0.2) is 0 Å². The summed E-state index contributed by atoms with van der Waals surface area (Å²) in [5.41, 5.74) is 0.450. The first kappa shape index (κ1) is 21.7. The summed E-state index contributed by atoms with van der Waals surface area (Å²) >= 11 is 0. The molecule has 1 aromatic carbocycles. The molecule has 1 amide bonds. The average Bonchev–Trinajstić information content (AvgIpc) is 3.14. The first-order valence-corrected chi connectivity index (χ1v) is 9.67. The number of carbonyl (C=O) groups excluding carboxylic acids is 3. The Labute approximate surface area is 166 Å². The van der Waals surface area contributed by atoms with Crippen LogP contribution in [0.2, 0.25) is 0 Å². The number of carbonyl (C=O) groups is 3. The summed E-state index contributed by atoms with van der Waals surface area (Å²) in [7, 11) is 3.06. The zero-order valence-corrected chi connectivity index (χ0v) is 16.6. The molecule has 0 saturated heterocycles. The van der Waals surface area contributed by atoms with E-state index in [1.54, 1.807) is 36.2 Å². The lowest BCUT2D eigenvalue weighted by molar-refractivity contribution is -0.151. The largest absolute Gasteiger partial charge is 0.469 e. The molecule has 1 aromatic rings. The van der Waals surface area contributed by atoms with E-state index < -0.39 is 29.9 Å². The molecule has 2 rings (SSSR count). The second kappa shape index (κ2) is 10.6. The Morgan fingerprint density at radius 1 is 1.14 bits per heavy atom. The summed E-state index contributed by atoms with van der Waals surface area (Å²) in [6.45, 7) is 4.31. The van der Waals surface area contributed by atoms with Crippen molar-refractivity contribution in [3.05, 3.63) is 48.6 Å². The Bertz CT molecular complexity index is 687. The monoisotopic (exact) mass is 387 g/mol. The van der Waals surface area contributed by atoms with Crippen LogP contribution in [0.5, 0.6) is 0 Å². The zero-order chi connectivity index (χ0) is 20.5. The number of ether oxygens (including phenoxy) is 2. The molecule has 0 radical (unpaired) electrons.